The summed E-state index contributed by atoms with van der Waals surface area (Å²) in [6, 6.07) is 7.94. The van der Waals surface area contributed by atoms with E-state index in [1.54, 1.807) is 0 Å². The Labute approximate surface area is 146 Å². The van der Waals surface area contributed by atoms with Gasteiger partial charge in [-0.05, 0) is 42.0 Å². The van der Waals surface area contributed by atoms with Crippen LogP contribution >= 0.6 is 11.3 Å². The minimum atomic E-state index is -3.88. The molecule has 0 spiro atoms. The van der Waals surface area contributed by atoms with Gasteiger partial charge in [-0.3, -0.25) is 4.72 Å². The molecule has 0 saturated carbocycles. The molecule has 0 amide bonds. The summed E-state index contributed by atoms with van der Waals surface area (Å²) < 4.78 is 65.8. The number of thiazole rings is 1. The van der Waals surface area contributed by atoms with E-state index in [2.05, 4.69) is 9.71 Å². The van der Waals surface area contributed by atoms with E-state index in [4.69, 9.17) is 0 Å². The smallest absolute Gasteiger partial charge is 0.255 e. The second-order valence-corrected chi connectivity index (χ2v) is 7.91. The van der Waals surface area contributed by atoms with Crippen molar-refractivity contribution in [2.75, 3.05) is 4.72 Å². The van der Waals surface area contributed by atoms with Crippen LogP contribution in [0.25, 0.3) is 0 Å². The molecule has 0 aliphatic rings. The van der Waals surface area contributed by atoms with Crippen LogP contribution in [0, 0.1) is 17.5 Å². The van der Waals surface area contributed by atoms with Crippen molar-refractivity contribution in [1.29, 1.82) is 0 Å². The molecule has 0 radical (unpaired) electrons. The maximum atomic E-state index is 13.2. The highest BCUT2D eigenvalue weighted by molar-refractivity contribution is 7.93. The predicted octanol–water partition coefficient (Wildman–Crippen LogP) is 3.95. The Kier molecular flexibility index (Phi) is 4.78. The zero-order valence-corrected chi connectivity index (χ0v) is 14.2. The van der Waals surface area contributed by atoms with E-state index < -0.39 is 27.5 Å². The number of benzene rings is 2. The van der Waals surface area contributed by atoms with Gasteiger partial charge in [-0.2, -0.15) is 0 Å². The van der Waals surface area contributed by atoms with Crippen LogP contribution in [0.15, 0.2) is 53.6 Å². The van der Waals surface area contributed by atoms with Crippen LogP contribution in [-0.2, 0) is 16.4 Å². The number of halogens is 3. The zero-order chi connectivity index (χ0) is 18.0. The van der Waals surface area contributed by atoms with Crippen molar-refractivity contribution < 1.29 is 21.6 Å². The van der Waals surface area contributed by atoms with Gasteiger partial charge in [0.15, 0.2) is 16.8 Å². The van der Waals surface area contributed by atoms with E-state index >= 15 is 0 Å². The second-order valence-electron chi connectivity index (χ2n) is 5.12. The zero-order valence-electron chi connectivity index (χ0n) is 12.5. The molecule has 130 valence electrons. The quantitative estimate of drug-likeness (QED) is 0.725. The highest BCUT2D eigenvalue weighted by Crippen LogP contribution is 2.24. The minimum absolute atomic E-state index is 0.0914. The summed E-state index contributed by atoms with van der Waals surface area (Å²) in [6.07, 6.45) is 1.74. The monoisotopic (exact) mass is 384 g/mol. The first-order chi connectivity index (χ1) is 11.8. The Hall–Kier alpha value is -2.39. The first-order valence-corrected chi connectivity index (χ1v) is 9.30. The van der Waals surface area contributed by atoms with Gasteiger partial charge in [0.1, 0.15) is 5.82 Å². The van der Waals surface area contributed by atoms with Crippen LogP contribution < -0.4 is 4.72 Å². The second kappa shape index (κ2) is 6.85. The lowest BCUT2D eigenvalue weighted by Gasteiger charge is -2.04. The summed E-state index contributed by atoms with van der Waals surface area (Å²) in [5.41, 5.74) is 0.537. The first kappa shape index (κ1) is 17.4. The fourth-order valence-electron chi connectivity index (χ4n) is 2.07. The summed E-state index contributed by atoms with van der Waals surface area (Å²) in [7, 11) is -3.88. The van der Waals surface area contributed by atoms with Crippen LogP contribution in [0.4, 0.5) is 18.3 Å². The van der Waals surface area contributed by atoms with Crippen molar-refractivity contribution >= 4 is 26.5 Å². The van der Waals surface area contributed by atoms with Gasteiger partial charge in [0.25, 0.3) is 10.0 Å². The van der Waals surface area contributed by atoms with Gasteiger partial charge in [-0.1, -0.05) is 6.07 Å². The average Bonchev–Trinajstić information content (AvgIpc) is 2.97. The Morgan fingerprint density at radius 1 is 1.00 bits per heavy atom. The van der Waals surface area contributed by atoms with E-state index in [1.165, 1.54) is 12.3 Å². The van der Waals surface area contributed by atoms with Gasteiger partial charge in [0.2, 0.25) is 0 Å². The van der Waals surface area contributed by atoms with Gasteiger partial charge in [0, 0.05) is 17.5 Å². The maximum absolute atomic E-state index is 13.2. The Balaban J connectivity index is 1.74. The molecule has 0 aliphatic carbocycles. The average molecular weight is 384 g/mol. The van der Waals surface area contributed by atoms with Crippen LogP contribution in [0.2, 0.25) is 0 Å². The van der Waals surface area contributed by atoms with Gasteiger partial charge >= 0.3 is 0 Å². The van der Waals surface area contributed by atoms with E-state index in [9.17, 15) is 21.6 Å². The van der Waals surface area contributed by atoms with Crippen molar-refractivity contribution in [2.45, 2.75) is 11.3 Å². The molecule has 0 fully saturated rings. The molecule has 0 aliphatic heterocycles. The Morgan fingerprint density at radius 2 is 1.72 bits per heavy atom. The highest BCUT2D eigenvalue weighted by Gasteiger charge is 2.16. The summed E-state index contributed by atoms with van der Waals surface area (Å²) in [5, 5.41) is 0.127. The SMILES string of the molecule is O=S(=O)(Nc1ncc(Cc2ccc(F)c(F)c2)s1)c1ccc(F)cc1. The molecule has 0 atom stereocenters. The van der Waals surface area contributed by atoms with Crippen molar-refractivity contribution in [3.05, 3.63) is 76.6 Å². The van der Waals surface area contributed by atoms with Gasteiger partial charge in [-0.15, -0.1) is 11.3 Å². The fourth-order valence-corrected chi connectivity index (χ4v) is 4.16. The van der Waals surface area contributed by atoms with Gasteiger partial charge in [-0.25, -0.2) is 26.6 Å². The molecule has 9 heteroatoms. The first-order valence-electron chi connectivity index (χ1n) is 7.00. The van der Waals surface area contributed by atoms with Crippen LogP contribution in [0.3, 0.4) is 0 Å². The number of anilines is 1. The molecule has 4 nitrogen and oxygen atoms in total. The molecule has 0 bridgehead atoms. The number of nitrogens with one attached hydrogen (secondary N) is 1. The molecule has 2 aromatic carbocycles. The molecule has 3 rings (SSSR count). The normalized spacial score (nSPS) is 11.5. The topological polar surface area (TPSA) is 59.1 Å². The summed E-state index contributed by atoms with van der Waals surface area (Å²) in [5.74, 6) is -2.41. The van der Waals surface area contributed by atoms with Gasteiger partial charge < -0.3 is 0 Å². The Morgan fingerprint density at radius 3 is 2.40 bits per heavy atom. The largest absolute Gasteiger partial charge is 0.263 e. The summed E-state index contributed by atoms with van der Waals surface area (Å²) in [4.78, 5) is 4.54. The standard InChI is InChI=1S/C16H11F3N2O2S2/c17-11-2-4-13(5-3-11)25(22,23)21-16-20-9-12(24-16)7-10-1-6-14(18)15(19)8-10/h1-6,8-9H,7H2,(H,20,21). The highest BCUT2D eigenvalue weighted by atomic mass is 32.2. The summed E-state index contributed by atoms with van der Waals surface area (Å²) in [6.45, 7) is 0. The van der Waals surface area contributed by atoms with E-state index in [1.807, 2.05) is 0 Å². The molecule has 3 aromatic rings. The molecular weight excluding hydrogens is 373 g/mol. The number of hydrogen-bond donors (Lipinski definition) is 1. The number of nitrogens with zero attached hydrogens (tertiary/aromatic N) is 1. The number of sulfonamides is 1. The van der Waals surface area contributed by atoms with E-state index in [0.717, 1.165) is 47.7 Å². The lowest BCUT2D eigenvalue weighted by atomic mass is 10.1. The van der Waals surface area contributed by atoms with Crippen LogP contribution in [0.1, 0.15) is 10.4 Å². The lowest BCUT2D eigenvalue weighted by molar-refractivity contribution is 0.507. The lowest BCUT2D eigenvalue weighted by Crippen LogP contribution is -2.12. The number of hydrogen-bond acceptors (Lipinski definition) is 4. The van der Waals surface area contributed by atoms with E-state index in [0.29, 0.717) is 10.4 Å². The third-order valence-corrected chi connectivity index (χ3v) is 5.66. The molecule has 25 heavy (non-hydrogen) atoms. The third-order valence-electron chi connectivity index (χ3n) is 3.26. The fraction of sp³-hybridized carbons (Fsp3) is 0.0625. The van der Waals surface area contributed by atoms with Crippen molar-refractivity contribution in [3.8, 4) is 0 Å². The minimum Gasteiger partial charge on any atom is -0.255 e. The molecule has 1 heterocycles. The molecule has 0 unspecified atom stereocenters. The predicted molar refractivity (Wildman–Crippen MR) is 88.5 cm³/mol. The molecular formula is C16H11F3N2O2S2. The molecule has 1 aromatic heterocycles. The maximum Gasteiger partial charge on any atom is 0.263 e. The van der Waals surface area contributed by atoms with Crippen molar-refractivity contribution in [3.63, 3.8) is 0 Å². The summed E-state index contributed by atoms with van der Waals surface area (Å²) >= 11 is 1.07. The van der Waals surface area contributed by atoms with Crippen molar-refractivity contribution in [1.82, 2.24) is 4.98 Å². The van der Waals surface area contributed by atoms with Crippen LogP contribution in [0.5, 0.6) is 0 Å². The number of rotatable bonds is 5. The number of aromatic nitrogens is 1. The van der Waals surface area contributed by atoms with Gasteiger partial charge in [0.05, 0.1) is 4.90 Å². The van der Waals surface area contributed by atoms with E-state index in [-0.39, 0.29) is 16.4 Å². The molecule has 1 N–H and O–H groups in total. The third kappa shape index (κ3) is 4.18. The van der Waals surface area contributed by atoms with Crippen LogP contribution in [-0.4, -0.2) is 13.4 Å². The Bertz CT molecular complexity index is 1000. The molecule has 0 saturated heterocycles. The van der Waals surface area contributed by atoms with Crippen molar-refractivity contribution in [2.24, 2.45) is 0 Å².